The number of fused-ring (bicyclic) bond motifs is 1. The summed E-state index contributed by atoms with van der Waals surface area (Å²) in [5.74, 6) is 0. The van der Waals surface area contributed by atoms with Crippen LogP contribution in [0.15, 0.2) is 29.6 Å². The molecule has 0 spiro atoms. The highest BCUT2D eigenvalue weighted by Crippen LogP contribution is 2.24. The van der Waals surface area contributed by atoms with E-state index in [1.807, 2.05) is 7.05 Å². The molecule has 0 amide bonds. The summed E-state index contributed by atoms with van der Waals surface area (Å²) in [7, 11) is 1.82. The second-order valence-corrected chi connectivity index (χ2v) is 3.11. The van der Waals surface area contributed by atoms with Gasteiger partial charge >= 0.3 is 0 Å². The lowest BCUT2D eigenvalue weighted by Gasteiger charge is -1.95. The number of rotatable bonds is 2. The highest BCUT2D eigenvalue weighted by atomic mass is 16.3. The molecule has 0 atom stereocenters. The Morgan fingerprint density at radius 3 is 2.86 bits per heavy atom. The fraction of sp³-hybridized carbons (Fsp3) is 0.100. The summed E-state index contributed by atoms with van der Waals surface area (Å²) in [5, 5.41) is 3.69. The zero-order valence-corrected chi connectivity index (χ0v) is 7.60. The van der Waals surface area contributed by atoms with Gasteiger partial charge in [0.15, 0.2) is 6.29 Å². The van der Waals surface area contributed by atoms with Gasteiger partial charge in [0, 0.05) is 24.2 Å². The summed E-state index contributed by atoms with van der Waals surface area (Å²) in [6.45, 7) is 0. The van der Waals surface area contributed by atoms with Gasteiger partial charge in [-0.05, 0) is 23.4 Å². The monoisotopic (exact) mass is 188 g/mol. The van der Waals surface area contributed by atoms with E-state index in [9.17, 15) is 9.70 Å². The Balaban J connectivity index is 2.82. The number of benzene rings is 1. The number of carbonyl (C=O) groups excluding carboxylic acids is 1. The van der Waals surface area contributed by atoms with E-state index in [0.29, 0.717) is 11.3 Å². The van der Waals surface area contributed by atoms with Crippen molar-refractivity contribution >= 4 is 22.9 Å². The molecule has 1 aromatic carbocycles. The predicted octanol–water partition coefficient (Wildman–Crippen LogP) is 2.39. The molecule has 0 saturated carbocycles. The first-order valence-electron chi connectivity index (χ1n) is 4.14. The van der Waals surface area contributed by atoms with Crippen molar-refractivity contribution in [3.63, 3.8) is 0 Å². The molecule has 0 bridgehead atoms. The molecule has 0 radical (unpaired) electrons. The lowest BCUT2D eigenvalue weighted by atomic mass is 10.2. The quantitative estimate of drug-likeness (QED) is 0.536. The van der Waals surface area contributed by atoms with Gasteiger partial charge in [0.25, 0.3) is 0 Å². The number of carbonyl (C=O) groups is 1. The average Bonchev–Trinajstić information content (AvgIpc) is 2.55. The Morgan fingerprint density at radius 1 is 1.43 bits per heavy atom. The number of aldehydes is 1. The zero-order valence-electron chi connectivity index (χ0n) is 7.60. The molecule has 1 heterocycles. The van der Waals surface area contributed by atoms with Crippen molar-refractivity contribution in [2.45, 2.75) is 0 Å². The molecule has 0 aliphatic rings. The Bertz CT molecular complexity index is 514. The second-order valence-electron chi connectivity index (χ2n) is 3.11. The molecular weight excluding hydrogens is 180 g/mol. The molecule has 0 unspecified atom stereocenters. The lowest BCUT2D eigenvalue weighted by molar-refractivity contribution is 0.112. The third-order valence-corrected chi connectivity index (χ3v) is 2.24. The smallest absolute Gasteiger partial charge is 0.152 e. The zero-order chi connectivity index (χ0) is 10.1. The maximum atomic E-state index is 10.7. The number of hydrogen-bond donors (Lipinski definition) is 0. The van der Waals surface area contributed by atoms with Crippen LogP contribution in [0.5, 0.6) is 0 Å². The molecule has 4 heteroatoms. The topological polar surface area (TPSA) is 51.4 Å². The normalized spacial score (nSPS) is 10.4. The Morgan fingerprint density at radius 2 is 2.21 bits per heavy atom. The van der Waals surface area contributed by atoms with Gasteiger partial charge in [-0.1, -0.05) is 0 Å². The molecule has 4 nitrogen and oxygen atoms in total. The molecule has 14 heavy (non-hydrogen) atoms. The summed E-state index contributed by atoms with van der Waals surface area (Å²) in [4.78, 5) is 21.0. The molecule has 2 rings (SSSR count). The van der Waals surface area contributed by atoms with Gasteiger partial charge in [0.05, 0.1) is 5.52 Å². The Kier molecular flexibility index (Phi) is 1.89. The minimum absolute atomic E-state index is 0.371. The molecule has 0 aliphatic carbocycles. The molecule has 0 saturated heterocycles. The second kappa shape index (κ2) is 3.06. The van der Waals surface area contributed by atoms with Crippen LogP contribution in [-0.2, 0) is 7.05 Å². The van der Waals surface area contributed by atoms with Gasteiger partial charge in [-0.15, -0.1) is 4.91 Å². The molecule has 0 fully saturated rings. The highest BCUT2D eigenvalue weighted by molar-refractivity contribution is 5.98. The molecule has 1 aromatic heterocycles. The van der Waals surface area contributed by atoms with E-state index in [0.717, 1.165) is 17.2 Å². The van der Waals surface area contributed by atoms with Crippen molar-refractivity contribution < 1.29 is 4.79 Å². The SMILES string of the molecule is Cn1cc(C=O)c2ccc(N=O)cc21. The van der Waals surface area contributed by atoms with Crippen LogP contribution >= 0.6 is 0 Å². The van der Waals surface area contributed by atoms with E-state index in [4.69, 9.17) is 0 Å². The Labute approximate surface area is 80.1 Å². The average molecular weight is 188 g/mol. The van der Waals surface area contributed by atoms with Crippen molar-refractivity contribution in [1.29, 1.82) is 0 Å². The lowest BCUT2D eigenvalue weighted by Crippen LogP contribution is -1.82. The van der Waals surface area contributed by atoms with Crippen LogP contribution < -0.4 is 0 Å². The largest absolute Gasteiger partial charge is 0.350 e. The van der Waals surface area contributed by atoms with E-state index in [1.165, 1.54) is 0 Å². The third kappa shape index (κ3) is 1.12. The minimum atomic E-state index is 0.371. The van der Waals surface area contributed by atoms with Gasteiger partial charge < -0.3 is 4.57 Å². The molecule has 0 N–H and O–H groups in total. The standard InChI is InChI=1S/C10H8N2O2/c1-12-5-7(6-13)9-3-2-8(11-14)4-10(9)12/h2-6H,1H3. The Hall–Kier alpha value is -1.97. The van der Waals surface area contributed by atoms with Gasteiger partial charge in [0.1, 0.15) is 5.69 Å². The predicted molar refractivity (Wildman–Crippen MR) is 53.8 cm³/mol. The molecule has 0 aliphatic heterocycles. The van der Waals surface area contributed by atoms with Crippen molar-refractivity contribution in [3.8, 4) is 0 Å². The third-order valence-electron chi connectivity index (χ3n) is 2.24. The first-order chi connectivity index (χ1) is 6.76. The van der Waals surface area contributed by atoms with E-state index >= 15 is 0 Å². The molecule has 2 aromatic rings. The van der Waals surface area contributed by atoms with Crippen molar-refractivity contribution in [1.82, 2.24) is 4.57 Å². The van der Waals surface area contributed by atoms with Crippen LogP contribution in [0.3, 0.4) is 0 Å². The number of nitroso groups, excluding NO2 is 1. The maximum Gasteiger partial charge on any atom is 0.152 e. The van der Waals surface area contributed by atoms with Crippen LogP contribution in [0.2, 0.25) is 0 Å². The number of nitrogens with zero attached hydrogens (tertiary/aromatic N) is 2. The number of hydrogen-bond acceptors (Lipinski definition) is 3. The summed E-state index contributed by atoms with van der Waals surface area (Å²) in [6, 6.07) is 4.99. The van der Waals surface area contributed by atoms with Gasteiger partial charge in [0.2, 0.25) is 0 Å². The van der Waals surface area contributed by atoms with E-state index in [1.54, 1.807) is 29.0 Å². The van der Waals surface area contributed by atoms with Crippen LogP contribution in [0.4, 0.5) is 5.69 Å². The summed E-state index contributed by atoms with van der Waals surface area (Å²) >= 11 is 0. The fourth-order valence-corrected chi connectivity index (χ4v) is 1.55. The summed E-state index contributed by atoms with van der Waals surface area (Å²) < 4.78 is 1.80. The first kappa shape index (κ1) is 8.62. The van der Waals surface area contributed by atoms with Gasteiger partial charge in [-0.3, -0.25) is 4.79 Å². The minimum Gasteiger partial charge on any atom is -0.350 e. The van der Waals surface area contributed by atoms with Crippen molar-refractivity contribution in [3.05, 3.63) is 34.9 Å². The van der Waals surface area contributed by atoms with E-state index < -0.39 is 0 Å². The van der Waals surface area contributed by atoms with E-state index in [-0.39, 0.29) is 0 Å². The van der Waals surface area contributed by atoms with E-state index in [2.05, 4.69) is 5.18 Å². The summed E-state index contributed by atoms with van der Waals surface area (Å²) in [5.41, 5.74) is 1.83. The van der Waals surface area contributed by atoms with Gasteiger partial charge in [-0.25, -0.2) is 0 Å². The fourth-order valence-electron chi connectivity index (χ4n) is 1.55. The van der Waals surface area contributed by atoms with Crippen LogP contribution in [-0.4, -0.2) is 10.9 Å². The highest BCUT2D eigenvalue weighted by Gasteiger charge is 2.06. The van der Waals surface area contributed by atoms with Crippen molar-refractivity contribution in [2.75, 3.05) is 0 Å². The molecule has 70 valence electrons. The maximum absolute atomic E-state index is 10.7. The van der Waals surface area contributed by atoms with Crippen LogP contribution in [0.1, 0.15) is 10.4 Å². The summed E-state index contributed by atoms with van der Waals surface area (Å²) in [6.07, 6.45) is 2.53. The van der Waals surface area contributed by atoms with Crippen LogP contribution in [0.25, 0.3) is 10.9 Å². The molecular formula is C10H8N2O2. The first-order valence-corrected chi connectivity index (χ1v) is 4.14. The van der Waals surface area contributed by atoms with Gasteiger partial charge in [-0.2, -0.15) is 0 Å². The number of aromatic nitrogens is 1. The number of aryl methyl sites for hydroxylation is 1. The van der Waals surface area contributed by atoms with Crippen molar-refractivity contribution in [2.24, 2.45) is 12.2 Å². The van der Waals surface area contributed by atoms with Crippen LogP contribution in [0, 0.1) is 4.91 Å².